The number of likely N-dealkylation sites (tertiary alicyclic amines) is 1. The van der Waals surface area contributed by atoms with E-state index in [9.17, 15) is 29.7 Å². The lowest BCUT2D eigenvalue weighted by Crippen LogP contribution is -2.63. The average molecular weight is 497 g/mol. The molecule has 0 bridgehead atoms. The van der Waals surface area contributed by atoms with Crippen molar-refractivity contribution in [2.75, 3.05) is 33.2 Å². The topological polar surface area (TPSA) is 142 Å². The second kappa shape index (κ2) is 10.1. The SMILES string of the molecule is CNCC1CCN(C(=O)CC(O)C2CC(SC3=C(C(=O)O)N4C(=O)C(C(C)O)[C@H]4C3C)CN2)C1. The molecule has 0 aliphatic carbocycles. The van der Waals surface area contributed by atoms with Gasteiger partial charge in [-0.15, -0.1) is 11.8 Å². The van der Waals surface area contributed by atoms with Gasteiger partial charge in [0.2, 0.25) is 11.8 Å². The van der Waals surface area contributed by atoms with Gasteiger partial charge in [-0.2, -0.15) is 0 Å². The largest absolute Gasteiger partial charge is 0.477 e. The number of amides is 2. The predicted molar refractivity (Wildman–Crippen MR) is 127 cm³/mol. The molecule has 7 unspecified atom stereocenters. The summed E-state index contributed by atoms with van der Waals surface area (Å²) >= 11 is 1.44. The van der Waals surface area contributed by atoms with Crippen LogP contribution < -0.4 is 10.6 Å². The number of carbonyl (C=O) groups is 3. The summed E-state index contributed by atoms with van der Waals surface area (Å²) in [6.45, 7) is 6.37. The number of aliphatic carboxylic acids is 1. The Morgan fingerprint density at radius 1 is 1.32 bits per heavy atom. The molecule has 4 rings (SSSR count). The van der Waals surface area contributed by atoms with Gasteiger partial charge in [0, 0.05) is 41.7 Å². The van der Waals surface area contributed by atoms with Crippen LogP contribution in [0, 0.1) is 17.8 Å². The maximum Gasteiger partial charge on any atom is 0.353 e. The Bertz CT molecular complexity index is 866. The number of thioether (sulfide) groups is 1. The van der Waals surface area contributed by atoms with E-state index in [1.165, 1.54) is 16.7 Å². The summed E-state index contributed by atoms with van der Waals surface area (Å²) < 4.78 is 0. The number of rotatable bonds is 9. The van der Waals surface area contributed by atoms with Gasteiger partial charge >= 0.3 is 5.97 Å². The first-order valence-electron chi connectivity index (χ1n) is 12.1. The number of hydrogen-bond acceptors (Lipinski definition) is 8. The predicted octanol–water partition coefficient (Wildman–Crippen LogP) is -0.577. The molecule has 0 aromatic rings. The van der Waals surface area contributed by atoms with Crippen molar-refractivity contribution in [3.8, 4) is 0 Å². The molecule has 0 aromatic carbocycles. The van der Waals surface area contributed by atoms with E-state index in [-0.39, 0.29) is 47.2 Å². The molecule has 4 heterocycles. The zero-order valence-electron chi connectivity index (χ0n) is 19.9. The smallest absolute Gasteiger partial charge is 0.353 e. The summed E-state index contributed by atoms with van der Waals surface area (Å²) in [6, 6.07) is -0.576. The van der Waals surface area contributed by atoms with Gasteiger partial charge in [0.1, 0.15) is 5.70 Å². The summed E-state index contributed by atoms with van der Waals surface area (Å²) in [5.74, 6) is -1.81. The number of aliphatic hydroxyl groups excluding tert-OH is 2. The van der Waals surface area contributed by atoms with E-state index in [1.54, 1.807) is 6.92 Å². The fourth-order valence-corrected chi connectivity index (χ4v) is 7.43. The molecule has 5 N–H and O–H groups in total. The Labute approximate surface area is 204 Å². The summed E-state index contributed by atoms with van der Waals surface area (Å²) in [5, 5.41) is 37.0. The lowest BCUT2D eigenvalue weighted by Gasteiger charge is -2.46. The van der Waals surface area contributed by atoms with Gasteiger partial charge in [-0.25, -0.2) is 4.79 Å². The Morgan fingerprint density at radius 3 is 2.71 bits per heavy atom. The highest BCUT2D eigenvalue weighted by atomic mass is 32.2. The van der Waals surface area contributed by atoms with Crippen LogP contribution >= 0.6 is 11.8 Å². The number of carboxylic acid groups (broad SMARTS) is 1. The number of β-lactam (4-membered cyclic amide) rings is 1. The van der Waals surface area contributed by atoms with Crippen molar-refractivity contribution in [3.63, 3.8) is 0 Å². The Morgan fingerprint density at radius 2 is 2.06 bits per heavy atom. The molecule has 0 saturated carbocycles. The maximum atomic E-state index is 12.7. The molecule has 34 heavy (non-hydrogen) atoms. The van der Waals surface area contributed by atoms with Gasteiger partial charge in [0.15, 0.2) is 0 Å². The molecule has 4 aliphatic rings. The third-order valence-corrected chi connectivity index (χ3v) is 9.22. The van der Waals surface area contributed by atoms with E-state index in [1.807, 2.05) is 18.9 Å². The molecule has 190 valence electrons. The van der Waals surface area contributed by atoms with Crippen molar-refractivity contribution in [1.29, 1.82) is 0 Å². The van der Waals surface area contributed by atoms with Crippen LogP contribution in [0.4, 0.5) is 0 Å². The number of carbonyl (C=O) groups excluding carboxylic acids is 2. The van der Waals surface area contributed by atoms with E-state index in [4.69, 9.17) is 0 Å². The second-order valence-corrected chi connectivity index (χ2v) is 11.4. The molecular formula is C23H36N4O6S. The molecule has 0 spiro atoms. The van der Waals surface area contributed by atoms with Crippen molar-refractivity contribution < 1.29 is 29.7 Å². The van der Waals surface area contributed by atoms with E-state index in [0.717, 1.165) is 26.1 Å². The molecule has 3 saturated heterocycles. The molecule has 11 heteroatoms. The third-order valence-electron chi connectivity index (χ3n) is 7.71. The summed E-state index contributed by atoms with van der Waals surface area (Å²) in [6.07, 6.45) is 0.00429. The molecular weight excluding hydrogens is 460 g/mol. The molecule has 2 amide bonds. The molecule has 4 aliphatic heterocycles. The minimum absolute atomic E-state index is 0.0205. The first-order chi connectivity index (χ1) is 16.1. The Kier molecular flexibility index (Phi) is 7.58. The first-order valence-corrected chi connectivity index (χ1v) is 13.0. The van der Waals surface area contributed by atoms with E-state index in [0.29, 0.717) is 23.8 Å². The van der Waals surface area contributed by atoms with Crippen LogP contribution in [0.2, 0.25) is 0 Å². The number of nitrogens with one attached hydrogen (secondary N) is 2. The van der Waals surface area contributed by atoms with Gasteiger partial charge in [-0.3, -0.25) is 9.59 Å². The zero-order valence-corrected chi connectivity index (χ0v) is 20.8. The number of hydrogen-bond donors (Lipinski definition) is 5. The minimum Gasteiger partial charge on any atom is -0.477 e. The quantitative estimate of drug-likeness (QED) is 0.265. The lowest BCUT2D eigenvalue weighted by atomic mass is 9.79. The van der Waals surface area contributed by atoms with Gasteiger partial charge < -0.3 is 35.8 Å². The second-order valence-electron chi connectivity index (χ2n) is 10.1. The van der Waals surface area contributed by atoms with E-state index >= 15 is 0 Å². The van der Waals surface area contributed by atoms with Crippen LogP contribution in [-0.4, -0.2) is 106 Å². The van der Waals surface area contributed by atoms with Gasteiger partial charge in [0.25, 0.3) is 0 Å². The van der Waals surface area contributed by atoms with Crippen molar-refractivity contribution in [3.05, 3.63) is 10.6 Å². The molecule has 8 atom stereocenters. The van der Waals surface area contributed by atoms with Crippen LogP contribution in [-0.2, 0) is 14.4 Å². The summed E-state index contributed by atoms with van der Waals surface area (Å²) in [7, 11) is 1.90. The highest BCUT2D eigenvalue weighted by molar-refractivity contribution is 8.03. The van der Waals surface area contributed by atoms with Crippen LogP contribution in [0.3, 0.4) is 0 Å². The molecule has 3 fully saturated rings. The number of fused-ring (bicyclic) bond motifs is 1. The highest BCUT2D eigenvalue weighted by Gasteiger charge is 2.60. The van der Waals surface area contributed by atoms with E-state index < -0.39 is 24.1 Å². The van der Waals surface area contributed by atoms with Crippen molar-refractivity contribution >= 4 is 29.5 Å². The summed E-state index contributed by atoms with van der Waals surface area (Å²) in [5.41, 5.74) is 0.0220. The third kappa shape index (κ3) is 4.60. The van der Waals surface area contributed by atoms with Gasteiger partial charge in [-0.05, 0) is 39.3 Å². The first kappa shape index (κ1) is 25.4. The monoisotopic (exact) mass is 496 g/mol. The highest BCUT2D eigenvalue weighted by Crippen LogP contribution is 2.51. The maximum absolute atomic E-state index is 12.7. The fraction of sp³-hybridized carbons (Fsp3) is 0.783. The van der Waals surface area contributed by atoms with Crippen LogP contribution in [0.25, 0.3) is 0 Å². The number of carboxylic acids is 1. The van der Waals surface area contributed by atoms with Crippen molar-refractivity contribution in [1.82, 2.24) is 20.4 Å². The summed E-state index contributed by atoms with van der Waals surface area (Å²) in [4.78, 5) is 41.0. The molecule has 0 radical (unpaired) electrons. The zero-order chi connectivity index (χ0) is 24.7. The Balaban J connectivity index is 1.34. The fourth-order valence-electron chi connectivity index (χ4n) is 5.94. The average Bonchev–Trinajstić information content (AvgIpc) is 3.47. The van der Waals surface area contributed by atoms with Crippen LogP contribution in [0.5, 0.6) is 0 Å². The number of nitrogens with zero attached hydrogens (tertiary/aromatic N) is 2. The van der Waals surface area contributed by atoms with Crippen molar-refractivity contribution in [2.45, 2.75) is 62.7 Å². The molecule has 10 nitrogen and oxygen atoms in total. The van der Waals surface area contributed by atoms with Crippen molar-refractivity contribution in [2.24, 2.45) is 17.8 Å². The van der Waals surface area contributed by atoms with E-state index in [2.05, 4.69) is 10.6 Å². The number of aliphatic hydroxyl groups is 2. The van der Waals surface area contributed by atoms with Gasteiger partial charge in [-0.1, -0.05) is 6.92 Å². The van der Waals surface area contributed by atoms with Crippen LogP contribution in [0.1, 0.15) is 33.1 Å². The standard InChI is InChI=1S/C23H36N4O6S/c1-11-19-18(12(2)28)22(31)27(19)20(23(32)33)21(11)34-14-6-15(25-9-14)16(29)7-17(30)26-5-4-13(10-26)8-24-3/h11-16,18-19,24-25,28-29H,4-10H2,1-3H3,(H,32,33)/t11?,12?,13?,14?,15?,16?,18?,19-/m1/s1. The molecule has 0 aromatic heterocycles. The normalized spacial score (nSPS) is 34.9. The van der Waals surface area contributed by atoms with Gasteiger partial charge in [0.05, 0.1) is 30.6 Å². The Hall–Kier alpha value is -1.66. The van der Waals surface area contributed by atoms with Crippen LogP contribution in [0.15, 0.2) is 10.6 Å². The lowest BCUT2D eigenvalue weighted by molar-refractivity contribution is -0.163. The minimum atomic E-state index is -1.13.